The third kappa shape index (κ3) is 3.08. The first-order valence-electron chi connectivity index (χ1n) is 6.08. The summed E-state index contributed by atoms with van der Waals surface area (Å²) in [5, 5.41) is 22.4. The largest absolute Gasteiger partial charge is 0.476 e. The average Bonchev–Trinajstić information content (AvgIpc) is 2.87. The second-order valence-corrected chi connectivity index (χ2v) is 5.09. The second-order valence-electron chi connectivity index (χ2n) is 5.09. The van der Waals surface area contributed by atoms with E-state index in [4.69, 9.17) is 9.63 Å². The highest BCUT2D eigenvalue weighted by molar-refractivity contribution is 5.85. The lowest BCUT2D eigenvalue weighted by molar-refractivity contribution is 0.0128. The van der Waals surface area contributed by atoms with Crippen LogP contribution in [0.15, 0.2) is 10.6 Å². The van der Waals surface area contributed by atoms with E-state index >= 15 is 0 Å². The highest BCUT2D eigenvalue weighted by atomic mass is 16.5. The molecule has 2 rings (SSSR count). The van der Waals surface area contributed by atoms with Gasteiger partial charge in [0.15, 0.2) is 11.5 Å². The Kier molecular flexibility index (Phi) is 3.68. The fourth-order valence-corrected chi connectivity index (χ4v) is 2.50. The third-order valence-electron chi connectivity index (χ3n) is 3.30. The number of likely N-dealkylation sites (N-methyl/N-ethyl adjacent to an activating group) is 1. The lowest BCUT2D eigenvalue weighted by Crippen LogP contribution is -2.38. The first kappa shape index (κ1) is 13.0. The van der Waals surface area contributed by atoms with Crippen LogP contribution >= 0.6 is 0 Å². The first-order valence-corrected chi connectivity index (χ1v) is 6.08. The number of carboxylic acid groups (broad SMARTS) is 1. The van der Waals surface area contributed by atoms with E-state index < -0.39 is 11.6 Å². The molecule has 2 N–H and O–H groups in total. The summed E-state index contributed by atoms with van der Waals surface area (Å²) < 4.78 is 4.94. The van der Waals surface area contributed by atoms with Gasteiger partial charge < -0.3 is 14.7 Å². The van der Waals surface area contributed by atoms with Gasteiger partial charge in [0.2, 0.25) is 0 Å². The van der Waals surface area contributed by atoms with E-state index in [-0.39, 0.29) is 5.69 Å². The summed E-state index contributed by atoms with van der Waals surface area (Å²) in [6.07, 6.45) is 3.79. The number of hydrogen-bond donors (Lipinski definition) is 2. The van der Waals surface area contributed by atoms with Gasteiger partial charge in [-0.25, -0.2) is 4.79 Å². The molecule has 0 aliphatic heterocycles. The Bertz CT molecular complexity index is 423. The minimum Gasteiger partial charge on any atom is -0.476 e. The normalized spacial score (nSPS) is 18.4. The van der Waals surface area contributed by atoms with E-state index in [1.165, 1.54) is 6.07 Å². The van der Waals surface area contributed by atoms with Crippen LogP contribution < -0.4 is 0 Å². The van der Waals surface area contributed by atoms with Crippen molar-refractivity contribution in [1.29, 1.82) is 0 Å². The molecule has 6 nitrogen and oxygen atoms in total. The average molecular weight is 254 g/mol. The number of aromatic nitrogens is 1. The smallest absolute Gasteiger partial charge is 0.358 e. The molecule has 0 amide bonds. The quantitative estimate of drug-likeness (QED) is 0.818. The molecule has 0 saturated heterocycles. The zero-order chi connectivity index (χ0) is 13.2. The van der Waals surface area contributed by atoms with Crippen molar-refractivity contribution in [1.82, 2.24) is 10.1 Å². The molecule has 0 bridgehead atoms. The van der Waals surface area contributed by atoms with E-state index in [0.29, 0.717) is 18.8 Å². The van der Waals surface area contributed by atoms with Gasteiger partial charge in [0.05, 0.1) is 12.1 Å². The molecule has 6 heteroatoms. The molecule has 1 aliphatic carbocycles. The Morgan fingerprint density at radius 1 is 1.56 bits per heavy atom. The van der Waals surface area contributed by atoms with Crippen LogP contribution in [0.3, 0.4) is 0 Å². The van der Waals surface area contributed by atoms with Crippen molar-refractivity contribution >= 4 is 5.97 Å². The molecule has 100 valence electrons. The molecule has 0 radical (unpaired) electrons. The summed E-state index contributed by atoms with van der Waals surface area (Å²) in [7, 11) is 1.87. The molecule has 1 fully saturated rings. The minimum absolute atomic E-state index is 0.0852. The van der Waals surface area contributed by atoms with Gasteiger partial charge in [0, 0.05) is 12.6 Å². The van der Waals surface area contributed by atoms with E-state index in [1.54, 1.807) is 0 Å². The molecule has 1 saturated carbocycles. The van der Waals surface area contributed by atoms with E-state index in [1.807, 2.05) is 11.9 Å². The summed E-state index contributed by atoms with van der Waals surface area (Å²) >= 11 is 0. The predicted octanol–water partition coefficient (Wildman–Crippen LogP) is 1.11. The van der Waals surface area contributed by atoms with Gasteiger partial charge >= 0.3 is 5.97 Å². The van der Waals surface area contributed by atoms with Crippen molar-refractivity contribution in [3.05, 3.63) is 17.5 Å². The molecule has 1 heterocycles. The molecular weight excluding hydrogens is 236 g/mol. The molecule has 1 aromatic rings. The van der Waals surface area contributed by atoms with E-state index in [2.05, 4.69) is 5.16 Å². The molecule has 0 atom stereocenters. The zero-order valence-electron chi connectivity index (χ0n) is 10.4. The number of carbonyl (C=O) groups is 1. The van der Waals surface area contributed by atoms with Crippen LogP contribution in [0.25, 0.3) is 0 Å². The van der Waals surface area contributed by atoms with Gasteiger partial charge in [-0.1, -0.05) is 18.0 Å². The number of carboxylic acids is 1. The van der Waals surface area contributed by atoms with E-state index in [0.717, 1.165) is 25.7 Å². The van der Waals surface area contributed by atoms with Gasteiger partial charge in [-0.15, -0.1) is 0 Å². The highest BCUT2D eigenvalue weighted by Gasteiger charge is 2.32. The maximum Gasteiger partial charge on any atom is 0.358 e. The maximum atomic E-state index is 10.7. The van der Waals surface area contributed by atoms with Crippen LogP contribution in [0.4, 0.5) is 0 Å². The van der Waals surface area contributed by atoms with Crippen LogP contribution in [-0.4, -0.2) is 45.4 Å². The number of hydrogen-bond acceptors (Lipinski definition) is 5. The lowest BCUT2D eigenvalue weighted by atomic mass is 10.0. The maximum absolute atomic E-state index is 10.7. The summed E-state index contributed by atoms with van der Waals surface area (Å²) in [4.78, 5) is 12.6. The second kappa shape index (κ2) is 5.07. The van der Waals surface area contributed by atoms with Crippen LogP contribution in [0.2, 0.25) is 0 Å². The van der Waals surface area contributed by atoms with Crippen molar-refractivity contribution in [2.24, 2.45) is 0 Å². The minimum atomic E-state index is -1.10. The number of nitrogens with zero attached hydrogens (tertiary/aromatic N) is 2. The molecule has 0 spiro atoms. The topological polar surface area (TPSA) is 86.8 Å². The number of rotatable bonds is 5. The molecule has 0 aromatic carbocycles. The van der Waals surface area contributed by atoms with E-state index in [9.17, 15) is 9.90 Å². The van der Waals surface area contributed by atoms with Crippen LogP contribution in [0.5, 0.6) is 0 Å². The summed E-state index contributed by atoms with van der Waals surface area (Å²) in [5.41, 5.74) is -0.692. The predicted molar refractivity (Wildman–Crippen MR) is 63.2 cm³/mol. The van der Waals surface area contributed by atoms with Gasteiger partial charge in [-0.3, -0.25) is 4.90 Å². The van der Waals surface area contributed by atoms with Crippen molar-refractivity contribution in [3.63, 3.8) is 0 Å². The number of aliphatic hydroxyl groups is 1. The number of aromatic carboxylic acids is 1. The van der Waals surface area contributed by atoms with Crippen molar-refractivity contribution in [3.8, 4) is 0 Å². The molecule has 1 aliphatic rings. The summed E-state index contributed by atoms with van der Waals surface area (Å²) in [6.45, 7) is 1.01. The Hall–Kier alpha value is -1.40. The third-order valence-corrected chi connectivity index (χ3v) is 3.30. The molecule has 1 aromatic heterocycles. The van der Waals surface area contributed by atoms with Crippen LogP contribution in [0, 0.1) is 0 Å². The van der Waals surface area contributed by atoms with Gasteiger partial charge in [-0.2, -0.15) is 0 Å². The Labute approximate surface area is 105 Å². The zero-order valence-corrected chi connectivity index (χ0v) is 10.4. The van der Waals surface area contributed by atoms with Gasteiger partial charge in [0.25, 0.3) is 0 Å². The van der Waals surface area contributed by atoms with Crippen LogP contribution in [-0.2, 0) is 6.54 Å². The van der Waals surface area contributed by atoms with Crippen molar-refractivity contribution in [2.75, 3.05) is 13.6 Å². The fourth-order valence-electron chi connectivity index (χ4n) is 2.50. The van der Waals surface area contributed by atoms with Crippen molar-refractivity contribution < 1.29 is 19.5 Å². The fraction of sp³-hybridized carbons (Fsp3) is 0.667. The monoisotopic (exact) mass is 254 g/mol. The summed E-state index contributed by atoms with van der Waals surface area (Å²) in [5.74, 6) is -0.599. The van der Waals surface area contributed by atoms with Crippen molar-refractivity contribution in [2.45, 2.75) is 37.8 Å². The molecular formula is C12H18N2O4. The first-order chi connectivity index (χ1) is 8.48. The molecule has 18 heavy (non-hydrogen) atoms. The lowest BCUT2D eigenvalue weighted by Gasteiger charge is -2.27. The Balaban J connectivity index is 1.90. The Morgan fingerprint density at radius 2 is 2.22 bits per heavy atom. The van der Waals surface area contributed by atoms with Crippen LogP contribution in [0.1, 0.15) is 41.9 Å². The SMILES string of the molecule is CN(Cc1cc(C(=O)O)no1)CC1(O)CCCC1. The van der Waals surface area contributed by atoms with Gasteiger partial charge in [0.1, 0.15) is 0 Å². The summed E-state index contributed by atoms with van der Waals surface area (Å²) in [6, 6.07) is 1.41. The highest BCUT2D eigenvalue weighted by Crippen LogP contribution is 2.30. The standard InChI is InChI=1S/C12H18N2O4/c1-14(8-12(17)4-2-3-5-12)7-9-6-10(11(15)16)13-18-9/h6,17H,2-5,7-8H2,1H3,(H,15,16). The Morgan fingerprint density at radius 3 is 2.78 bits per heavy atom. The molecule has 0 unspecified atom stereocenters. The van der Waals surface area contributed by atoms with Gasteiger partial charge in [-0.05, 0) is 19.9 Å².